The summed E-state index contributed by atoms with van der Waals surface area (Å²) in [4.78, 5) is 21.0. The lowest BCUT2D eigenvalue weighted by atomic mass is 9.91. The molecule has 1 atom stereocenters. The van der Waals surface area contributed by atoms with Crippen LogP contribution in [0.4, 0.5) is 0 Å². The minimum absolute atomic E-state index is 0.163. The van der Waals surface area contributed by atoms with Crippen LogP contribution in [0.15, 0.2) is 30.7 Å². The van der Waals surface area contributed by atoms with E-state index in [1.165, 1.54) is 6.20 Å². The van der Waals surface area contributed by atoms with E-state index in [0.29, 0.717) is 29.8 Å². The Balaban J connectivity index is 1.82. The Hall–Kier alpha value is -1.92. The van der Waals surface area contributed by atoms with Crippen LogP contribution < -0.4 is 5.32 Å². The molecule has 2 aromatic heterocycles. The van der Waals surface area contributed by atoms with Crippen LogP contribution >= 0.6 is 11.6 Å². The molecule has 0 unspecified atom stereocenters. The quantitative estimate of drug-likeness (QED) is 0.932. The van der Waals surface area contributed by atoms with Crippen molar-refractivity contribution in [2.24, 2.45) is 13.0 Å². The smallest absolute Gasteiger partial charge is 0.270 e. The molecule has 0 saturated carbocycles. The average Bonchev–Trinajstić information content (AvgIpc) is 2.99. The minimum atomic E-state index is -0.221. The molecule has 1 aliphatic rings. The largest absolute Gasteiger partial charge is 0.381 e. The Bertz CT molecular complexity index is 665. The molecule has 1 fully saturated rings. The predicted octanol–water partition coefficient (Wildman–Crippen LogP) is 2.37. The van der Waals surface area contributed by atoms with Gasteiger partial charge in [0, 0.05) is 38.9 Å². The number of pyridine rings is 1. The molecule has 0 aromatic carbocycles. The minimum Gasteiger partial charge on any atom is -0.381 e. The van der Waals surface area contributed by atoms with Crippen molar-refractivity contribution in [3.05, 3.63) is 47.3 Å². The van der Waals surface area contributed by atoms with Crippen LogP contribution in [0.25, 0.3) is 0 Å². The molecular weight excluding hydrogens is 316 g/mol. The second-order valence-corrected chi connectivity index (χ2v) is 6.10. The topological polar surface area (TPSA) is 69.0 Å². The fraction of sp³-hybridized carbons (Fsp3) is 0.438. The van der Waals surface area contributed by atoms with Crippen molar-refractivity contribution in [2.75, 3.05) is 13.2 Å². The van der Waals surface area contributed by atoms with Crippen molar-refractivity contribution in [3.63, 3.8) is 0 Å². The van der Waals surface area contributed by atoms with Gasteiger partial charge in [-0.2, -0.15) is 0 Å². The Morgan fingerprint density at radius 1 is 1.39 bits per heavy atom. The summed E-state index contributed by atoms with van der Waals surface area (Å²) >= 11 is 5.82. The Morgan fingerprint density at radius 3 is 2.78 bits per heavy atom. The Labute approximate surface area is 139 Å². The molecule has 1 amide bonds. The monoisotopic (exact) mass is 334 g/mol. The number of hydrogen-bond acceptors (Lipinski definition) is 4. The SMILES string of the molecule is Cn1ccnc1[C@@H](NC(=O)c1ccc(Cl)cn1)C1CCOCC1. The molecule has 7 heteroatoms. The lowest BCUT2D eigenvalue weighted by Crippen LogP contribution is -2.37. The van der Waals surface area contributed by atoms with E-state index in [1.54, 1.807) is 18.3 Å². The number of nitrogens with one attached hydrogen (secondary N) is 1. The maximum absolute atomic E-state index is 12.5. The summed E-state index contributed by atoms with van der Waals surface area (Å²) in [6.45, 7) is 1.42. The van der Waals surface area contributed by atoms with Gasteiger partial charge in [-0.25, -0.2) is 9.97 Å². The number of halogens is 1. The van der Waals surface area contributed by atoms with Crippen LogP contribution in [0.1, 0.15) is 35.2 Å². The summed E-state index contributed by atoms with van der Waals surface area (Å²) in [5.41, 5.74) is 0.348. The highest BCUT2D eigenvalue weighted by molar-refractivity contribution is 6.30. The number of aromatic nitrogens is 3. The molecule has 3 heterocycles. The van der Waals surface area contributed by atoms with Gasteiger partial charge in [0.25, 0.3) is 5.91 Å². The molecule has 1 N–H and O–H groups in total. The van der Waals surface area contributed by atoms with Crippen LogP contribution in [0, 0.1) is 5.92 Å². The molecule has 122 valence electrons. The summed E-state index contributed by atoms with van der Waals surface area (Å²) < 4.78 is 7.37. The van der Waals surface area contributed by atoms with E-state index in [1.807, 2.05) is 17.8 Å². The molecule has 3 rings (SSSR count). The van der Waals surface area contributed by atoms with Gasteiger partial charge in [-0.1, -0.05) is 11.6 Å². The normalized spacial score (nSPS) is 17.0. The molecule has 2 aromatic rings. The number of ether oxygens (including phenoxy) is 1. The van der Waals surface area contributed by atoms with Crippen molar-refractivity contribution in [3.8, 4) is 0 Å². The second kappa shape index (κ2) is 7.10. The number of hydrogen-bond donors (Lipinski definition) is 1. The first kappa shape index (κ1) is 16.0. The molecule has 1 aliphatic heterocycles. The number of carbonyl (C=O) groups is 1. The highest BCUT2D eigenvalue weighted by atomic mass is 35.5. The van der Waals surface area contributed by atoms with E-state index in [9.17, 15) is 4.79 Å². The fourth-order valence-electron chi connectivity index (χ4n) is 2.84. The van der Waals surface area contributed by atoms with Crippen molar-refractivity contribution < 1.29 is 9.53 Å². The van der Waals surface area contributed by atoms with Crippen molar-refractivity contribution in [2.45, 2.75) is 18.9 Å². The lowest BCUT2D eigenvalue weighted by molar-refractivity contribution is 0.0498. The van der Waals surface area contributed by atoms with Crippen molar-refractivity contribution in [1.29, 1.82) is 0 Å². The predicted molar refractivity (Wildman–Crippen MR) is 86.2 cm³/mol. The third kappa shape index (κ3) is 3.71. The first-order valence-corrected chi connectivity index (χ1v) is 8.00. The third-order valence-corrected chi connectivity index (χ3v) is 4.34. The van der Waals surface area contributed by atoms with E-state index in [2.05, 4.69) is 15.3 Å². The summed E-state index contributed by atoms with van der Waals surface area (Å²) in [7, 11) is 1.93. The summed E-state index contributed by atoms with van der Waals surface area (Å²) in [6, 6.07) is 3.12. The van der Waals surface area contributed by atoms with Gasteiger partial charge in [0.15, 0.2) is 0 Å². The number of nitrogens with zero attached hydrogens (tertiary/aromatic N) is 3. The zero-order chi connectivity index (χ0) is 16.2. The van der Waals surface area contributed by atoms with Crippen LogP contribution in [0.2, 0.25) is 5.02 Å². The molecule has 0 spiro atoms. The zero-order valence-corrected chi connectivity index (χ0v) is 13.7. The van der Waals surface area contributed by atoms with Gasteiger partial charge < -0.3 is 14.6 Å². The first-order chi connectivity index (χ1) is 11.1. The summed E-state index contributed by atoms with van der Waals surface area (Å²) in [5.74, 6) is 0.918. The molecule has 23 heavy (non-hydrogen) atoms. The Kier molecular flexibility index (Phi) is 4.93. The third-order valence-electron chi connectivity index (χ3n) is 4.12. The molecule has 0 bridgehead atoms. The van der Waals surface area contributed by atoms with Gasteiger partial charge in [-0.3, -0.25) is 4.79 Å². The number of aryl methyl sites for hydroxylation is 1. The number of rotatable bonds is 4. The summed E-state index contributed by atoms with van der Waals surface area (Å²) in [6.07, 6.45) is 6.89. The van der Waals surface area contributed by atoms with Crippen LogP contribution in [0.5, 0.6) is 0 Å². The summed E-state index contributed by atoms with van der Waals surface area (Å²) in [5, 5.41) is 3.59. The standard InChI is InChI=1S/C16H19ClN4O2/c1-21-7-6-18-15(21)14(11-4-8-23-9-5-11)20-16(22)13-3-2-12(17)10-19-13/h2-3,6-7,10-11,14H,4-5,8-9H2,1H3,(H,20,22)/t14-/m0/s1. The van der Waals surface area contributed by atoms with Gasteiger partial charge in [0.2, 0.25) is 0 Å². The highest BCUT2D eigenvalue weighted by Crippen LogP contribution is 2.29. The maximum Gasteiger partial charge on any atom is 0.270 e. The molecular formula is C16H19ClN4O2. The van der Waals surface area contributed by atoms with Crippen LogP contribution in [-0.4, -0.2) is 33.7 Å². The molecule has 6 nitrogen and oxygen atoms in total. The second-order valence-electron chi connectivity index (χ2n) is 5.66. The van der Waals surface area contributed by atoms with Gasteiger partial charge in [0.05, 0.1) is 11.1 Å². The van der Waals surface area contributed by atoms with E-state index < -0.39 is 0 Å². The van der Waals surface area contributed by atoms with E-state index in [4.69, 9.17) is 16.3 Å². The number of carbonyl (C=O) groups excluding carboxylic acids is 1. The van der Waals surface area contributed by atoms with Gasteiger partial charge >= 0.3 is 0 Å². The van der Waals surface area contributed by atoms with Crippen LogP contribution in [-0.2, 0) is 11.8 Å². The molecule has 0 radical (unpaired) electrons. The Morgan fingerprint density at radius 2 is 2.17 bits per heavy atom. The number of amides is 1. The van der Waals surface area contributed by atoms with E-state index in [0.717, 1.165) is 18.7 Å². The number of imidazole rings is 1. The highest BCUT2D eigenvalue weighted by Gasteiger charge is 2.30. The van der Waals surface area contributed by atoms with E-state index >= 15 is 0 Å². The van der Waals surface area contributed by atoms with Crippen molar-refractivity contribution >= 4 is 17.5 Å². The average molecular weight is 335 g/mol. The first-order valence-electron chi connectivity index (χ1n) is 7.62. The van der Waals surface area contributed by atoms with Gasteiger partial charge in [0.1, 0.15) is 11.5 Å². The van der Waals surface area contributed by atoms with Gasteiger partial charge in [-0.05, 0) is 30.9 Å². The molecule has 1 saturated heterocycles. The lowest BCUT2D eigenvalue weighted by Gasteiger charge is -2.30. The molecule has 0 aliphatic carbocycles. The fourth-order valence-corrected chi connectivity index (χ4v) is 2.96. The van der Waals surface area contributed by atoms with Crippen LogP contribution in [0.3, 0.4) is 0 Å². The van der Waals surface area contributed by atoms with E-state index in [-0.39, 0.29) is 11.9 Å². The van der Waals surface area contributed by atoms with Gasteiger partial charge in [-0.15, -0.1) is 0 Å². The maximum atomic E-state index is 12.5. The van der Waals surface area contributed by atoms with Crippen molar-refractivity contribution in [1.82, 2.24) is 19.9 Å². The zero-order valence-electron chi connectivity index (χ0n) is 12.9.